The van der Waals surface area contributed by atoms with E-state index in [-0.39, 0.29) is 18.0 Å². The summed E-state index contributed by atoms with van der Waals surface area (Å²) in [5.74, 6) is -0.0430. The van der Waals surface area contributed by atoms with E-state index in [0.717, 1.165) is 12.0 Å². The zero-order valence-corrected chi connectivity index (χ0v) is 12.3. The van der Waals surface area contributed by atoms with E-state index in [1.165, 1.54) is 0 Å². The summed E-state index contributed by atoms with van der Waals surface area (Å²) >= 11 is 12.0. The molecule has 1 aromatic carbocycles. The lowest BCUT2D eigenvalue weighted by atomic mass is 10.0. The molecule has 100 valence electrons. The number of nitrogens with one attached hydrogen (secondary N) is 2. The highest BCUT2D eigenvalue weighted by atomic mass is 35.5. The molecule has 0 aromatic heterocycles. The SMILES string of the molecule is CCC(NC(C)C(=O)NC)c1ccc(Cl)cc1Cl. The van der Waals surface area contributed by atoms with Crippen molar-refractivity contribution in [2.24, 2.45) is 0 Å². The molecule has 0 radical (unpaired) electrons. The van der Waals surface area contributed by atoms with Crippen LogP contribution in [0, 0.1) is 0 Å². The predicted octanol–water partition coefficient (Wildman–Crippen LogP) is 3.17. The monoisotopic (exact) mass is 288 g/mol. The Morgan fingerprint density at radius 3 is 2.56 bits per heavy atom. The third kappa shape index (κ3) is 3.87. The molecule has 2 N–H and O–H groups in total. The van der Waals surface area contributed by atoms with Gasteiger partial charge in [0.2, 0.25) is 5.91 Å². The largest absolute Gasteiger partial charge is 0.358 e. The lowest BCUT2D eigenvalue weighted by Crippen LogP contribution is -2.42. The molecular formula is C13H18Cl2N2O. The van der Waals surface area contributed by atoms with Gasteiger partial charge < -0.3 is 5.32 Å². The van der Waals surface area contributed by atoms with Crippen molar-refractivity contribution >= 4 is 29.1 Å². The zero-order valence-electron chi connectivity index (χ0n) is 10.8. The Balaban J connectivity index is 2.86. The van der Waals surface area contributed by atoms with Crippen LogP contribution >= 0.6 is 23.2 Å². The van der Waals surface area contributed by atoms with Crippen LogP contribution in [0.15, 0.2) is 18.2 Å². The van der Waals surface area contributed by atoms with Gasteiger partial charge >= 0.3 is 0 Å². The fourth-order valence-corrected chi connectivity index (χ4v) is 2.35. The molecule has 0 heterocycles. The highest BCUT2D eigenvalue weighted by Crippen LogP contribution is 2.28. The van der Waals surface area contributed by atoms with Crippen molar-refractivity contribution in [3.8, 4) is 0 Å². The van der Waals surface area contributed by atoms with Gasteiger partial charge in [0.15, 0.2) is 0 Å². The second kappa shape index (κ2) is 6.98. The molecule has 0 saturated heterocycles. The Kier molecular flexibility index (Phi) is 5.93. The Morgan fingerprint density at radius 2 is 2.06 bits per heavy atom. The molecular weight excluding hydrogens is 271 g/mol. The van der Waals surface area contributed by atoms with Crippen LogP contribution in [0.25, 0.3) is 0 Å². The number of carbonyl (C=O) groups excluding carboxylic acids is 1. The number of amides is 1. The van der Waals surface area contributed by atoms with E-state index in [2.05, 4.69) is 10.6 Å². The molecule has 18 heavy (non-hydrogen) atoms. The van der Waals surface area contributed by atoms with Crippen LogP contribution in [0.3, 0.4) is 0 Å². The molecule has 0 aliphatic heterocycles. The van der Waals surface area contributed by atoms with E-state index in [0.29, 0.717) is 10.0 Å². The molecule has 5 heteroatoms. The number of hydrogen-bond donors (Lipinski definition) is 2. The van der Waals surface area contributed by atoms with Crippen molar-refractivity contribution in [3.05, 3.63) is 33.8 Å². The van der Waals surface area contributed by atoms with Crippen LogP contribution in [-0.4, -0.2) is 19.0 Å². The summed E-state index contributed by atoms with van der Waals surface area (Å²) in [5.41, 5.74) is 0.958. The Labute approximate surface area is 118 Å². The van der Waals surface area contributed by atoms with Crippen molar-refractivity contribution in [1.29, 1.82) is 0 Å². The highest BCUT2D eigenvalue weighted by molar-refractivity contribution is 6.35. The topological polar surface area (TPSA) is 41.1 Å². The second-order valence-electron chi connectivity index (χ2n) is 4.13. The number of likely N-dealkylation sites (N-methyl/N-ethyl adjacent to an activating group) is 1. The third-order valence-electron chi connectivity index (χ3n) is 2.84. The van der Waals surface area contributed by atoms with Gasteiger partial charge in [-0.05, 0) is 31.0 Å². The fourth-order valence-electron chi connectivity index (χ4n) is 1.81. The summed E-state index contributed by atoms with van der Waals surface area (Å²) < 4.78 is 0. The average Bonchev–Trinajstić information content (AvgIpc) is 2.35. The number of halogens is 2. The van der Waals surface area contributed by atoms with Crippen molar-refractivity contribution in [2.45, 2.75) is 32.4 Å². The molecule has 0 aliphatic carbocycles. The molecule has 2 atom stereocenters. The molecule has 0 aliphatic rings. The molecule has 0 spiro atoms. The van der Waals surface area contributed by atoms with E-state index in [1.807, 2.05) is 19.9 Å². The minimum Gasteiger partial charge on any atom is -0.358 e. The van der Waals surface area contributed by atoms with Gasteiger partial charge in [-0.15, -0.1) is 0 Å². The fraction of sp³-hybridized carbons (Fsp3) is 0.462. The average molecular weight is 289 g/mol. The number of rotatable bonds is 5. The summed E-state index contributed by atoms with van der Waals surface area (Å²) in [5, 5.41) is 7.09. The van der Waals surface area contributed by atoms with Crippen LogP contribution in [0.2, 0.25) is 10.0 Å². The first-order valence-corrected chi connectivity index (χ1v) is 6.67. The van der Waals surface area contributed by atoms with E-state index in [1.54, 1.807) is 19.2 Å². The molecule has 0 saturated carbocycles. The lowest BCUT2D eigenvalue weighted by molar-refractivity contribution is -0.122. The van der Waals surface area contributed by atoms with Gasteiger partial charge in [-0.25, -0.2) is 0 Å². The number of hydrogen-bond acceptors (Lipinski definition) is 2. The van der Waals surface area contributed by atoms with Gasteiger partial charge in [0.25, 0.3) is 0 Å². The smallest absolute Gasteiger partial charge is 0.236 e. The zero-order chi connectivity index (χ0) is 13.7. The van der Waals surface area contributed by atoms with E-state index in [4.69, 9.17) is 23.2 Å². The summed E-state index contributed by atoms with van der Waals surface area (Å²) in [6, 6.07) is 5.17. The summed E-state index contributed by atoms with van der Waals surface area (Å²) in [4.78, 5) is 11.5. The van der Waals surface area contributed by atoms with Crippen LogP contribution in [0.5, 0.6) is 0 Å². The van der Waals surface area contributed by atoms with Gasteiger partial charge in [0, 0.05) is 23.1 Å². The molecule has 0 bridgehead atoms. The van der Waals surface area contributed by atoms with Gasteiger partial charge in [0.1, 0.15) is 0 Å². The standard InChI is InChI=1S/C13H18Cl2N2O/c1-4-12(17-8(2)13(18)16-3)10-6-5-9(14)7-11(10)15/h5-8,12,17H,4H2,1-3H3,(H,16,18). The first-order valence-electron chi connectivity index (χ1n) is 5.92. The van der Waals surface area contributed by atoms with Crippen LogP contribution < -0.4 is 10.6 Å². The first-order chi connectivity index (χ1) is 8.49. The van der Waals surface area contributed by atoms with Crippen molar-refractivity contribution in [2.75, 3.05) is 7.05 Å². The van der Waals surface area contributed by atoms with Gasteiger partial charge in [-0.1, -0.05) is 36.2 Å². The van der Waals surface area contributed by atoms with E-state index < -0.39 is 0 Å². The minimum atomic E-state index is -0.272. The predicted molar refractivity (Wildman–Crippen MR) is 76.2 cm³/mol. The second-order valence-corrected chi connectivity index (χ2v) is 4.97. The summed E-state index contributed by atoms with van der Waals surface area (Å²) in [6.07, 6.45) is 0.836. The molecule has 1 aromatic rings. The maximum atomic E-state index is 11.5. The highest BCUT2D eigenvalue weighted by Gasteiger charge is 2.18. The quantitative estimate of drug-likeness (QED) is 0.874. The third-order valence-corrected chi connectivity index (χ3v) is 3.40. The van der Waals surface area contributed by atoms with Crippen LogP contribution in [0.4, 0.5) is 0 Å². The summed E-state index contributed by atoms with van der Waals surface area (Å²) in [6.45, 7) is 3.87. The van der Waals surface area contributed by atoms with Gasteiger partial charge in [0.05, 0.1) is 6.04 Å². The Morgan fingerprint density at radius 1 is 1.39 bits per heavy atom. The number of benzene rings is 1. The summed E-state index contributed by atoms with van der Waals surface area (Å²) in [7, 11) is 1.62. The first kappa shape index (κ1) is 15.3. The molecule has 1 amide bonds. The minimum absolute atomic E-state index is 0.0297. The van der Waals surface area contributed by atoms with Crippen LogP contribution in [0.1, 0.15) is 31.9 Å². The van der Waals surface area contributed by atoms with E-state index >= 15 is 0 Å². The van der Waals surface area contributed by atoms with Crippen molar-refractivity contribution in [1.82, 2.24) is 10.6 Å². The molecule has 0 fully saturated rings. The van der Waals surface area contributed by atoms with Crippen molar-refractivity contribution < 1.29 is 4.79 Å². The van der Waals surface area contributed by atoms with Gasteiger partial charge in [-0.3, -0.25) is 10.1 Å². The van der Waals surface area contributed by atoms with Crippen LogP contribution in [-0.2, 0) is 4.79 Å². The van der Waals surface area contributed by atoms with Crippen molar-refractivity contribution in [3.63, 3.8) is 0 Å². The van der Waals surface area contributed by atoms with E-state index in [9.17, 15) is 4.79 Å². The maximum absolute atomic E-state index is 11.5. The Hall–Kier alpha value is -0.770. The Bertz CT molecular complexity index is 423. The normalized spacial score (nSPS) is 14.1. The lowest BCUT2D eigenvalue weighted by Gasteiger charge is -2.22. The molecule has 2 unspecified atom stereocenters. The van der Waals surface area contributed by atoms with Gasteiger partial charge in [-0.2, -0.15) is 0 Å². The maximum Gasteiger partial charge on any atom is 0.236 e. The molecule has 3 nitrogen and oxygen atoms in total. The molecule has 1 rings (SSSR count). The number of carbonyl (C=O) groups is 1.